The fourth-order valence-electron chi connectivity index (χ4n) is 2.12. The molecule has 0 aliphatic rings. The van der Waals surface area contributed by atoms with Gasteiger partial charge in [-0.25, -0.2) is 0 Å². The number of hydrogen-bond acceptors (Lipinski definition) is 2. The molecule has 0 aliphatic heterocycles. The summed E-state index contributed by atoms with van der Waals surface area (Å²) in [6, 6.07) is 0. The quantitative estimate of drug-likeness (QED) is 0.804. The van der Waals surface area contributed by atoms with Gasteiger partial charge in [-0.05, 0) is 69.4 Å². The molecule has 1 aromatic rings. The molecule has 112 valence electrons. The summed E-state index contributed by atoms with van der Waals surface area (Å²) < 4.78 is 0. The normalized spacial score (nSPS) is 11.4. The molecule has 3 heteroatoms. The van der Waals surface area contributed by atoms with Gasteiger partial charge in [-0.1, -0.05) is 13.8 Å². The van der Waals surface area contributed by atoms with Crippen molar-refractivity contribution in [3.05, 3.63) is 33.4 Å². The number of aromatic hydroxyl groups is 1. The molecule has 0 aliphatic carbocycles. The van der Waals surface area contributed by atoms with Crippen LogP contribution in [0.4, 0.5) is 0 Å². The van der Waals surface area contributed by atoms with Crippen molar-refractivity contribution >= 4 is 11.5 Å². The predicted molar refractivity (Wildman–Crippen MR) is 85.9 cm³/mol. The van der Waals surface area contributed by atoms with Gasteiger partial charge in [-0.15, -0.1) is 0 Å². The summed E-state index contributed by atoms with van der Waals surface area (Å²) in [5.74, 6) is -0.212. The van der Waals surface area contributed by atoms with Crippen LogP contribution in [0, 0.1) is 27.7 Å². The standard InChI is InChI=1S/C15H21NO2.C2H6/c1-7-8(2)11(5)14(17)13(9(7)3)10(4)12(6)15(16)18;1-2/h17H,1-6H3,(H2,16,18);1-2H3/b12-10+;. The number of amides is 1. The summed E-state index contributed by atoms with van der Waals surface area (Å²) in [7, 11) is 0. The second-order valence-electron chi connectivity index (χ2n) is 4.84. The largest absolute Gasteiger partial charge is 0.507 e. The first-order valence-corrected chi connectivity index (χ1v) is 6.97. The van der Waals surface area contributed by atoms with E-state index in [9.17, 15) is 9.90 Å². The molecule has 3 N–H and O–H groups in total. The fourth-order valence-corrected chi connectivity index (χ4v) is 2.12. The first-order chi connectivity index (χ1) is 9.20. The van der Waals surface area contributed by atoms with Crippen LogP contribution in [0.5, 0.6) is 5.75 Å². The summed E-state index contributed by atoms with van der Waals surface area (Å²) in [5, 5.41) is 10.3. The average molecular weight is 277 g/mol. The molecule has 0 saturated carbocycles. The van der Waals surface area contributed by atoms with E-state index in [2.05, 4.69) is 0 Å². The number of benzene rings is 1. The van der Waals surface area contributed by atoms with E-state index in [1.807, 2.05) is 48.5 Å². The van der Waals surface area contributed by atoms with E-state index in [1.54, 1.807) is 6.92 Å². The predicted octanol–water partition coefficient (Wildman–Crippen LogP) is 3.93. The number of phenols is 1. The smallest absolute Gasteiger partial charge is 0.244 e. The average Bonchev–Trinajstić information content (AvgIpc) is 2.44. The van der Waals surface area contributed by atoms with Crippen molar-refractivity contribution in [2.45, 2.75) is 55.4 Å². The Hall–Kier alpha value is -1.77. The molecule has 0 spiro atoms. The van der Waals surface area contributed by atoms with E-state index in [0.717, 1.165) is 33.4 Å². The van der Waals surface area contributed by atoms with E-state index in [1.165, 1.54) is 0 Å². The van der Waals surface area contributed by atoms with Gasteiger partial charge in [-0.2, -0.15) is 0 Å². The molecular formula is C17H27NO2. The van der Waals surface area contributed by atoms with E-state index < -0.39 is 5.91 Å². The number of primary amides is 1. The van der Waals surface area contributed by atoms with Gasteiger partial charge in [0.15, 0.2) is 0 Å². The van der Waals surface area contributed by atoms with Crippen molar-refractivity contribution in [2.24, 2.45) is 5.73 Å². The second kappa shape index (κ2) is 7.13. The van der Waals surface area contributed by atoms with Crippen molar-refractivity contribution in [1.82, 2.24) is 0 Å². The molecule has 1 aromatic carbocycles. The Balaban J connectivity index is 0.00000172. The molecule has 0 unspecified atom stereocenters. The van der Waals surface area contributed by atoms with Gasteiger partial charge in [-0.3, -0.25) is 4.79 Å². The Morgan fingerprint density at radius 1 is 0.900 bits per heavy atom. The summed E-state index contributed by atoms with van der Waals surface area (Å²) in [6.45, 7) is 15.3. The molecule has 0 saturated heterocycles. The maximum atomic E-state index is 11.3. The van der Waals surface area contributed by atoms with Gasteiger partial charge in [0, 0.05) is 11.1 Å². The number of rotatable bonds is 2. The molecule has 0 heterocycles. The SMILES string of the molecule is C/C(C(N)=O)=C(/C)c1c(C)c(C)c(C)c(C)c1O.CC. The molecule has 3 nitrogen and oxygen atoms in total. The Kier molecular flexibility index (Phi) is 6.50. The van der Waals surface area contributed by atoms with Gasteiger partial charge in [0.25, 0.3) is 0 Å². The molecule has 0 atom stereocenters. The third kappa shape index (κ3) is 3.21. The van der Waals surface area contributed by atoms with Gasteiger partial charge in [0.2, 0.25) is 5.91 Å². The number of nitrogens with two attached hydrogens (primary N) is 1. The van der Waals surface area contributed by atoms with E-state index in [0.29, 0.717) is 5.57 Å². The van der Waals surface area contributed by atoms with Crippen molar-refractivity contribution in [3.8, 4) is 5.75 Å². The van der Waals surface area contributed by atoms with Crippen molar-refractivity contribution < 1.29 is 9.90 Å². The van der Waals surface area contributed by atoms with Crippen molar-refractivity contribution in [2.75, 3.05) is 0 Å². The summed E-state index contributed by atoms with van der Waals surface area (Å²) >= 11 is 0. The van der Waals surface area contributed by atoms with Gasteiger partial charge < -0.3 is 10.8 Å². The maximum Gasteiger partial charge on any atom is 0.244 e. The zero-order chi connectivity index (χ0) is 16.2. The topological polar surface area (TPSA) is 63.3 Å². The fraction of sp³-hybridized carbons (Fsp3) is 0.471. The van der Waals surface area contributed by atoms with Crippen molar-refractivity contribution in [1.29, 1.82) is 0 Å². The lowest BCUT2D eigenvalue weighted by Crippen LogP contribution is -2.13. The lowest BCUT2D eigenvalue weighted by atomic mass is 9.88. The monoisotopic (exact) mass is 277 g/mol. The van der Waals surface area contributed by atoms with Gasteiger partial charge in [0.1, 0.15) is 5.75 Å². The minimum Gasteiger partial charge on any atom is -0.507 e. The minimum absolute atomic E-state index is 0.244. The highest BCUT2D eigenvalue weighted by atomic mass is 16.3. The summed E-state index contributed by atoms with van der Waals surface area (Å²) in [6.07, 6.45) is 0. The molecule has 0 bridgehead atoms. The highest BCUT2D eigenvalue weighted by Crippen LogP contribution is 2.37. The van der Waals surface area contributed by atoms with Crippen LogP contribution in [-0.4, -0.2) is 11.0 Å². The zero-order valence-electron chi connectivity index (χ0n) is 13.9. The van der Waals surface area contributed by atoms with E-state index in [4.69, 9.17) is 5.73 Å². The molecule has 20 heavy (non-hydrogen) atoms. The first kappa shape index (κ1) is 18.2. The Morgan fingerprint density at radius 2 is 1.30 bits per heavy atom. The molecule has 1 amide bonds. The van der Waals surface area contributed by atoms with Crippen LogP contribution >= 0.6 is 0 Å². The van der Waals surface area contributed by atoms with Crippen LogP contribution in [-0.2, 0) is 4.79 Å². The van der Waals surface area contributed by atoms with Crippen LogP contribution in [0.3, 0.4) is 0 Å². The first-order valence-electron chi connectivity index (χ1n) is 6.97. The van der Waals surface area contributed by atoms with E-state index >= 15 is 0 Å². The lowest BCUT2D eigenvalue weighted by molar-refractivity contribution is -0.114. The number of phenolic OH excluding ortho intramolecular Hbond substituents is 1. The summed E-state index contributed by atoms with van der Waals surface area (Å²) in [5.41, 5.74) is 11.3. The Bertz CT molecular complexity index is 526. The van der Waals surface area contributed by atoms with Crippen LogP contribution in [0.2, 0.25) is 0 Å². The third-order valence-corrected chi connectivity index (χ3v) is 3.96. The highest BCUT2D eigenvalue weighted by molar-refractivity contribution is 6.00. The number of carbonyl (C=O) groups is 1. The molecular weight excluding hydrogens is 250 g/mol. The second-order valence-corrected chi connectivity index (χ2v) is 4.84. The zero-order valence-corrected chi connectivity index (χ0v) is 13.9. The van der Waals surface area contributed by atoms with E-state index in [-0.39, 0.29) is 5.75 Å². The summed E-state index contributed by atoms with van der Waals surface area (Å²) in [4.78, 5) is 11.3. The lowest BCUT2D eigenvalue weighted by Gasteiger charge is -2.18. The van der Waals surface area contributed by atoms with Crippen molar-refractivity contribution in [3.63, 3.8) is 0 Å². The Labute approximate surface area is 122 Å². The van der Waals surface area contributed by atoms with Gasteiger partial charge in [0.05, 0.1) is 0 Å². The number of allylic oxidation sites excluding steroid dienone is 1. The van der Waals surface area contributed by atoms with Crippen LogP contribution in [0.25, 0.3) is 5.57 Å². The minimum atomic E-state index is -0.456. The van der Waals surface area contributed by atoms with Crippen LogP contribution in [0.1, 0.15) is 55.5 Å². The molecule has 0 fully saturated rings. The molecule has 0 radical (unpaired) electrons. The third-order valence-electron chi connectivity index (χ3n) is 3.96. The van der Waals surface area contributed by atoms with Crippen LogP contribution < -0.4 is 5.73 Å². The van der Waals surface area contributed by atoms with Gasteiger partial charge >= 0.3 is 0 Å². The molecule has 1 rings (SSSR count). The Morgan fingerprint density at radius 3 is 1.70 bits per heavy atom. The highest BCUT2D eigenvalue weighted by Gasteiger charge is 2.17. The maximum absolute atomic E-state index is 11.3. The number of hydrogen-bond donors (Lipinski definition) is 2. The van der Waals surface area contributed by atoms with Crippen LogP contribution in [0.15, 0.2) is 5.57 Å². The number of carbonyl (C=O) groups excluding carboxylic acids is 1. The molecule has 0 aromatic heterocycles.